The van der Waals surface area contributed by atoms with Crippen LogP contribution < -0.4 is 13.3 Å². The Bertz CT molecular complexity index is 2140. The number of carboxylic acid groups (broad SMARTS) is 1. The molecule has 0 bridgehead atoms. The van der Waals surface area contributed by atoms with Crippen molar-refractivity contribution in [2.75, 3.05) is 21.7 Å². The maximum absolute atomic E-state index is 13.8. The zero-order valence-electron chi connectivity index (χ0n) is 24.3. The number of aromatic nitrogens is 1. The van der Waals surface area contributed by atoms with Crippen LogP contribution in [0, 0.1) is 0 Å². The second-order valence-corrected chi connectivity index (χ2v) is 13.6. The summed E-state index contributed by atoms with van der Waals surface area (Å²) in [6.07, 6.45) is -15.3. The molecule has 4 aromatic rings. The molecule has 0 aliphatic heterocycles. The van der Waals surface area contributed by atoms with Gasteiger partial charge in [-0.2, -0.15) is 26.3 Å². The number of carbonyl (C=O) groups is 2. The van der Waals surface area contributed by atoms with Gasteiger partial charge in [0, 0.05) is 16.3 Å². The first-order chi connectivity index (χ1) is 22.9. The van der Waals surface area contributed by atoms with Crippen molar-refractivity contribution in [2.45, 2.75) is 28.5 Å². The van der Waals surface area contributed by atoms with Gasteiger partial charge in [-0.1, -0.05) is 24.3 Å². The van der Waals surface area contributed by atoms with Crippen molar-refractivity contribution in [3.05, 3.63) is 84.6 Å². The second-order valence-electron chi connectivity index (χ2n) is 9.92. The van der Waals surface area contributed by atoms with Crippen LogP contribution in [0.1, 0.15) is 10.4 Å². The molecule has 50 heavy (non-hydrogen) atoms. The van der Waals surface area contributed by atoms with Crippen molar-refractivity contribution in [1.29, 1.82) is 0 Å². The number of ketones is 1. The highest BCUT2D eigenvalue weighted by Gasteiger charge is 2.41. The molecule has 0 aliphatic rings. The molecule has 0 atom stereocenters. The van der Waals surface area contributed by atoms with E-state index in [4.69, 9.17) is 0 Å². The highest BCUT2D eigenvalue weighted by molar-refractivity contribution is 7.93. The van der Waals surface area contributed by atoms with E-state index in [-0.39, 0.29) is 8.61 Å². The number of pyridine rings is 1. The van der Waals surface area contributed by atoms with E-state index in [9.17, 15) is 71.0 Å². The summed E-state index contributed by atoms with van der Waals surface area (Å²) in [6, 6.07) is 8.82. The predicted octanol–water partition coefficient (Wildman–Crippen LogP) is 5.92. The molecule has 0 fully saturated rings. The molecule has 3 aromatic carbocycles. The number of Topliss-reactive ketones (excluding diaryl/α,β-unsaturated/α-hetero) is 1. The first-order valence-electron chi connectivity index (χ1n) is 13.2. The number of carboxylic acids is 1. The van der Waals surface area contributed by atoms with Gasteiger partial charge in [0.05, 0.1) is 21.7 Å². The molecular formula is C28H18F9N3O8S2. The van der Waals surface area contributed by atoms with Gasteiger partial charge in [0.15, 0.2) is 5.82 Å². The summed E-state index contributed by atoms with van der Waals surface area (Å²) in [4.78, 5) is 25.4. The third kappa shape index (κ3) is 8.35. The summed E-state index contributed by atoms with van der Waals surface area (Å²) >= 11 is 0. The molecule has 0 amide bonds. The zero-order chi connectivity index (χ0) is 37.4. The van der Waals surface area contributed by atoms with Crippen LogP contribution in [0.3, 0.4) is 0 Å². The minimum atomic E-state index is -5.35. The van der Waals surface area contributed by atoms with E-state index in [1.807, 2.05) is 0 Å². The first kappa shape index (κ1) is 37.7. The molecule has 22 heteroatoms. The fourth-order valence-corrected chi connectivity index (χ4v) is 7.27. The maximum atomic E-state index is 13.8. The number of halogens is 9. The highest BCUT2D eigenvalue weighted by Crippen LogP contribution is 2.38. The molecule has 1 N–H and O–H groups in total. The SMILES string of the molecule is O=C(O)CN(c1ncc(N(CC(F)(F)F)S(=O)(=O)c2ccc(C(=O)C(F)(F)F)cc2)c2ccccc12)S(=O)(=O)c1ccc(OC(F)(F)F)cc1. The summed E-state index contributed by atoms with van der Waals surface area (Å²) < 4.78 is 176. The fourth-order valence-electron chi connectivity index (χ4n) is 4.43. The summed E-state index contributed by atoms with van der Waals surface area (Å²) in [6.45, 7) is -3.62. The van der Waals surface area contributed by atoms with Gasteiger partial charge in [-0.05, 0) is 48.5 Å². The molecule has 11 nitrogen and oxygen atoms in total. The van der Waals surface area contributed by atoms with E-state index in [2.05, 4.69) is 9.72 Å². The van der Waals surface area contributed by atoms with E-state index < -0.39 is 107 Å². The zero-order valence-corrected chi connectivity index (χ0v) is 25.9. The maximum Gasteiger partial charge on any atom is 0.573 e. The highest BCUT2D eigenvalue weighted by atomic mass is 32.2. The molecule has 0 spiro atoms. The summed E-state index contributed by atoms with van der Waals surface area (Å²) in [5.74, 6) is -5.72. The lowest BCUT2D eigenvalue weighted by Crippen LogP contribution is -2.40. The van der Waals surface area contributed by atoms with Crippen LogP contribution in [0.25, 0.3) is 10.8 Å². The van der Waals surface area contributed by atoms with E-state index >= 15 is 0 Å². The van der Waals surface area contributed by atoms with Crippen LogP contribution >= 0.6 is 0 Å². The van der Waals surface area contributed by atoms with E-state index in [0.717, 1.165) is 12.1 Å². The van der Waals surface area contributed by atoms with Gasteiger partial charge in [0.25, 0.3) is 25.8 Å². The number of hydrogen-bond donors (Lipinski definition) is 1. The van der Waals surface area contributed by atoms with Gasteiger partial charge < -0.3 is 9.84 Å². The van der Waals surface area contributed by atoms with Crippen molar-refractivity contribution in [3.63, 3.8) is 0 Å². The molecule has 1 heterocycles. The molecular weight excluding hydrogens is 741 g/mol. The molecule has 268 valence electrons. The van der Waals surface area contributed by atoms with Gasteiger partial charge in [-0.3, -0.25) is 13.9 Å². The van der Waals surface area contributed by atoms with Crippen molar-refractivity contribution in [3.8, 4) is 5.75 Å². The Morgan fingerprint density at radius 2 is 1.22 bits per heavy atom. The molecule has 0 radical (unpaired) electrons. The summed E-state index contributed by atoms with van der Waals surface area (Å²) in [5, 5.41) is 8.67. The van der Waals surface area contributed by atoms with Crippen LogP contribution in [0.5, 0.6) is 5.75 Å². The van der Waals surface area contributed by atoms with Gasteiger partial charge in [0.2, 0.25) is 0 Å². The number of fused-ring (bicyclic) bond motifs is 1. The molecule has 4 rings (SSSR count). The second kappa shape index (κ2) is 13.3. The third-order valence-corrected chi connectivity index (χ3v) is 9.99. The Hall–Kier alpha value is -5.12. The van der Waals surface area contributed by atoms with Crippen molar-refractivity contribution in [2.24, 2.45) is 0 Å². The van der Waals surface area contributed by atoms with Crippen molar-refractivity contribution >= 4 is 54.1 Å². The summed E-state index contributed by atoms with van der Waals surface area (Å²) in [5.41, 5.74) is -1.85. The lowest BCUT2D eigenvalue weighted by atomic mass is 10.1. The van der Waals surface area contributed by atoms with Gasteiger partial charge in [-0.15, -0.1) is 13.2 Å². The number of aliphatic carboxylic acids is 1. The number of carbonyl (C=O) groups excluding carboxylic acids is 1. The van der Waals surface area contributed by atoms with Gasteiger partial charge >= 0.3 is 24.7 Å². The molecule has 1 aromatic heterocycles. The number of ether oxygens (including phenoxy) is 1. The van der Waals surface area contributed by atoms with Gasteiger partial charge in [0.1, 0.15) is 18.8 Å². The minimum Gasteiger partial charge on any atom is -0.480 e. The molecule has 0 saturated carbocycles. The first-order valence-corrected chi connectivity index (χ1v) is 16.1. The minimum absolute atomic E-state index is 0.167. The number of sulfonamides is 2. The number of nitrogens with zero attached hydrogens (tertiary/aromatic N) is 3. The average Bonchev–Trinajstić information content (AvgIpc) is 3.00. The van der Waals surface area contributed by atoms with Crippen LogP contribution in [0.2, 0.25) is 0 Å². The summed E-state index contributed by atoms with van der Waals surface area (Å²) in [7, 11) is -10.4. The number of hydrogen-bond acceptors (Lipinski definition) is 8. The lowest BCUT2D eigenvalue weighted by Gasteiger charge is -2.28. The Labute approximate surface area is 275 Å². The Balaban J connectivity index is 1.88. The normalized spacial score (nSPS) is 12.8. The smallest absolute Gasteiger partial charge is 0.480 e. The van der Waals surface area contributed by atoms with Crippen LogP contribution in [0.4, 0.5) is 51.0 Å². The number of anilines is 2. The van der Waals surface area contributed by atoms with Gasteiger partial charge in [-0.25, -0.2) is 26.1 Å². The molecule has 0 saturated heterocycles. The number of benzene rings is 3. The number of rotatable bonds is 11. The van der Waals surface area contributed by atoms with Crippen LogP contribution in [-0.2, 0) is 24.8 Å². The van der Waals surface area contributed by atoms with Crippen LogP contribution in [0.15, 0.2) is 88.8 Å². The Morgan fingerprint density at radius 3 is 1.70 bits per heavy atom. The monoisotopic (exact) mass is 759 g/mol. The Kier molecular flexibility index (Phi) is 10.0. The lowest BCUT2D eigenvalue weighted by molar-refractivity contribution is -0.274. The van der Waals surface area contributed by atoms with Crippen molar-refractivity contribution in [1.82, 2.24) is 4.98 Å². The average molecular weight is 760 g/mol. The van der Waals surface area contributed by atoms with Crippen molar-refractivity contribution < 1.29 is 75.8 Å². The quantitative estimate of drug-likeness (QED) is 0.145. The largest absolute Gasteiger partial charge is 0.573 e. The van der Waals surface area contributed by atoms with E-state index in [1.54, 1.807) is 0 Å². The van der Waals surface area contributed by atoms with Crippen LogP contribution in [-0.4, -0.2) is 70.5 Å². The van der Waals surface area contributed by atoms with E-state index in [0.29, 0.717) is 54.7 Å². The van der Waals surface area contributed by atoms with E-state index in [1.165, 1.54) is 12.1 Å². The third-order valence-electron chi connectivity index (χ3n) is 6.47. The molecule has 0 aliphatic carbocycles. The predicted molar refractivity (Wildman–Crippen MR) is 154 cm³/mol. The fraction of sp³-hybridized carbons (Fsp3) is 0.179. The topological polar surface area (TPSA) is 151 Å². The molecule has 0 unspecified atom stereocenters. The Morgan fingerprint density at radius 1 is 0.720 bits per heavy atom. The number of alkyl halides is 9. The standard InChI is InChI=1S/C28H18F9N3O8S2/c29-26(30,31)15-40(50(46,47)18-9-5-16(6-10-18)24(43)27(32,33)34)22-13-38-25(21-4-2-1-3-20(21)22)39(14-23(41)42)49(44,45)19-11-7-17(8-12-19)48-28(35,36)37/h1-13H,14-15H2,(H,41,42).